The summed E-state index contributed by atoms with van der Waals surface area (Å²) < 4.78 is 35.1. The molecular formula is C23H24N4O8S3. The molecule has 38 heavy (non-hydrogen) atoms. The lowest BCUT2D eigenvalue weighted by Gasteiger charge is -2.17. The van der Waals surface area contributed by atoms with Crippen molar-refractivity contribution >= 4 is 66.9 Å². The van der Waals surface area contributed by atoms with Crippen molar-refractivity contribution in [3.63, 3.8) is 0 Å². The fraction of sp³-hybridized carbons (Fsp3) is 0.261. The number of nitro benzene ring substituents is 2. The Labute approximate surface area is 227 Å². The molecule has 1 aliphatic rings. The van der Waals surface area contributed by atoms with Crippen molar-refractivity contribution in [2.75, 3.05) is 18.1 Å². The van der Waals surface area contributed by atoms with Crippen LogP contribution in [0.3, 0.4) is 0 Å². The van der Waals surface area contributed by atoms with Crippen LogP contribution in [-0.2, 0) is 21.1 Å². The Morgan fingerprint density at radius 3 is 2.26 bits per heavy atom. The maximum Gasteiger partial charge on any atom is 0.276 e. The van der Waals surface area contributed by atoms with E-state index in [-0.39, 0.29) is 27.8 Å². The Kier molecular flexibility index (Phi) is 9.56. The van der Waals surface area contributed by atoms with Crippen LogP contribution in [0.4, 0.5) is 17.1 Å². The molecule has 0 fully saturated rings. The first-order valence-electron chi connectivity index (χ1n) is 11.3. The molecule has 12 nitrogen and oxygen atoms in total. The van der Waals surface area contributed by atoms with Gasteiger partial charge in [-0.3, -0.25) is 24.4 Å². The number of nitrogens with zero attached hydrogens (tertiary/aromatic N) is 4. The Balaban J connectivity index is 0.000000505. The largest absolute Gasteiger partial charge is 0.726 e. The Bertz CT molecular complexity index is 1530. The molecule has 2 aromatic carbocycles. The maximum atomic E-state index is 11.1. The van der Waals surface area contributed by atoms with Crippen molar-refractivity contribution in [2.24, 2.45) is 0 Å². The van der Waals surface area contributed by atoms with Gasteiger partial charge in [0.25, 0.3) is 16.4 Å². The molecule has 4 rings (SSSR count). The average molecular weight is 581 g/mol. The Morgan fingerprint density at radius 2 is 1.71 bits per heavy atom. The van der Waals surface area contributed by atoms with Crippen LogP contribution < -0.4 is 9.47 Å². The predicted octanol–water partition coefficient (Wildman–Crippen LogP) is 5.00. The second-order valence-corrected chi connectivity index (χ2v) is 10.7. The molecule has 0 unspecified atom stereocenters. The summed E-state index contributed by atoms with van der Waals surface area (Å²) in [6.45, 7) is 6.75. The van der Waals surface area contributed by atoms with Crippen molar-refractivity contribution in [2.45, 2.75) is 32.2 Å². The third-order valence-electron chi connectivity index (χ3n) is 5.22. The predicted molar refractivity (Wildman–Crippen MR) is 145 cm³/mol. The smallest absolute Gasteiger partial charge is 0.276 e. The molecule has 0 N–H and O–H groups in total. The van der Waals surface area contributed by atoms with Crippen LogP contribution in [0.15, 0.2) is 58.5 Å². The Hall–Kier alpha value is -3.37. The van der Waals surface area contributed by atoms with Gasteiger partial charge in [-0.2, -0.15) is 4.57 Å². The van der Waals surface area contributed by atoms with Crippen molar-refractivity contribution in [1.29, 1.82) is 0 Å². The lowest BCUT2D eigenvalue weighted by Crippen LogP contribution is -2.33. The number of rotatable bonds is 8. The lowest BCUT2D eigenvalue weighted by atomic mass is 10.2. The van der Waals surface area contributed by atoms with E-state index in [2.05, 4.69) is 13.7 Å². The first kappa shape index (κ1) is 29.2. The van der Waals surface area contributed by atoms with E-state index < -0.39 is 10.4 Å². The van der Waals surface area contributed by atoms with Gasteiger partial charge in [0.1, 0.15) is 11.2 Å². The molecule has 0 bridgehead atoms. The highest BCUT2D eigenvalue weighted by Gasteiger charge is 2.26. The first-order chi connectivity index (χ1) is 18.0. The van der Waals surface area contributed by atoms with Gasteiger partial charge in [0.15, 0.2) is 0 Å². The number of aryl methyl sites for hydroxylation is 1. The van der Waals surface area contributed by atoms with Crippen LogP contribution in [0.2, 0.25) is 0 Å². The minimum absolute atomic E-state index is 0.0814. The summed E-state index contributed by atoms with van der Waals surface area (Å²) in [4.78, 5) is 24.5. The standard InChI is InChI=1S/C21H19N4O4S2.C2H6O4S/c1-3-22-16-12-14(24(26)27)8-10-18(16)30-20(22)6-5-7-21-23(4-2)17-13-15(25(28)29)9-11-19(17)31-21;1-2-6-7(3,4)5/h5-13H,3-4H2,1-2H3;2H2,1H3,(H,3,4,5)/q+1;/p-1. The minimum atomic E-state index is -4.42. The van der Waals surface area contributed by atoms with Gasteiger partial charge >= 0.3 is 0 Å². The summed E-state index contributed by atoms with van der Waals surface area (Å²) in [6.07, 6.45) is 5.94. The number of anilines is 1. The molecule has 2 heterocycles. The van der Waals surface area contributed by atoms with Gasteiger partial charge in [-0.15, -0.1) is 0 Å². The van der Waals surface area contributed by atoms with E-state index in [9.17, 15) is 33.2 Å². The van der Waals surface area contributed by atoms with Crippen LogP contribution in [0.5, 0.6) is 0 Å². The van der Waals surface area contributed by atoms with Gasteiger partial charge in [0.2, 0.25) is 15.9 Å². The number of non-ortho nitro benzene ring substituents is 2. The van der Waals surface area contributed by atoms with Crippen LogP contribution in [0.25, 0.3) is 16.3 Å². The van der Waals surface area contributed by atoms with E-state index >= 15 is 0 Å². The summed E-state index contributed by atoms with van der Waals surface area (Å²) in [5, 5.41) is 24.2. The third-order valence-corrected chi connectivity index (χ3v) is 8.01. The number of aromatic nitrogens is 1. The summed E-state index contributed by atoms with van der Waals surface area (Å²) in [5.41, 5.74) is 1.86. The summed E-state index contributed by atoms with van der Waals surface area (Å²) >= 11 is 3.16. The van der Waals surface area contributed by atoms with E-state index in [1.54, 1.807) is 47.4 Å². The average Bonchev–Trinajstić information content (AvgIpc) is 3.39. The normalized spacial score (nSPS) is 14.1. The van der Waals surface area contributed by atoms with E-state index in [4.69, 9.17) is 0 Å². The number of hydrogen-bond donors (Lipinski definition) is 0. The van der Waals surface area contributed by atoms with Crippen LogP contribution in [-0.4, -0.2) is 36.0 Å². The molecule has 3 aromatic rings. The molecule has 0 atom stereocenters. The quantitative estimate of drug-likeness (QED) is 0.117. The van der Waals surface area contributed by atoms with Crippen molar-refractivity contribution < 1.29 is 31.6 Å². The maximum absolute atomic E-state index is 11.1. The molecule has 1 aromatic heterocycles. The van der Waals surface area contributed by atoms with Crippen molar-refractivity contribution in [3.05, 3.63) is 78.8 Å². The molecule has 1 aliphatic heterocycles. The second-order valence-electron chi connectivity index (χ2n) is 7.53. The van der Waals surface area contributed by atoms with Crippen LogP contribution in [0.1, 0.15) is 25.8 Å². The molecule has 0 radical (unpaired) electrons. The zero-order valence-corrected chi connectivity index (χ0v) is 23.0. The zero-order valence-electron chi connectivity index (χ0n) is 20.6. The molecule has 15 heteroatoms. The third kappa shape index (κ3) is 6.93. The SMILES string of the molecule is CCN1/C(=C/C=C/c2sc3ccc([N+](=O)[O-])cc3[n+]2CC)Sc2ccc([N+](=O)[O-])cc21.CCOS(=O)(=O)[O-]. The van der Waals surface area contributed by atoms with Gasteiger partial charge in [-0.05, 0) is 39.0 Å². The minimum Gasteiger partial charge on any atom is -0.726 e. The summed E-state index contributed by atoms with van der Waals surface area (Å²) in [7, 11) is -4.42. The van der Waals surface area contributed by atoms with Gasteiger partial charge in [-0.25, -0.2) is 8.42 Å². The lowest BCUT2D eigenvalue weighted by molar-refractivity contribution is -0.665. The molecule has 0 saturated heterocycles. The van der Waals surface area contributed by atoms with Gasteiger partial charge in [0, 0.05) is 35.7 Å². The van der Waals surface area contributed by atoms with E-state index in [0.717, 1.165) is 30.8 Å². The van der Waals surface area contributed by atoms with Crippen LogP contribution in [0, 0.1) is 20.2 Å². The number of thioether (sulfide) groups is 1. The molecule has 0 saturated carbocycles. The number of allylic oxidation sites excluding steroid dienone is 2. The summed E-state index contributed by atoms with van der Waals surface area (Å²) in [5.74, 6) is 0. The number of benzene rings is 2. The molecule has 0 spiro atoms. The van der Waals surface area contributed by atoms with Gasteiger partial charge in [-0.1, -0.05) is 29.2 Å². The number of hydrogen-bond acceptors (Lipinski definition) is 11. The topological polar surface area (TPSA) is 160 Å². The number of fused-ring (bicyclic) bond motifs is 2. The highest BCUT2D eigenvalue weighted by atomic mass is 32.3. The van der Waals surface area contributed by atoms with E-state index in [1.165, 1.54) is 19.1 Å². The monoisotopic (exact) mass is 580 g/mol. The molecule has 202 valence electrons. The number of thiazole rings is 1. The van der Waals surface area contributed by atoms with E-state index in [1.807, 2.05) is 32.1 Å². The highest BCUT2D eigenvalue weighted by Crippen LogP contribution is 2.47. The van der Waals surface area contributed by atoms with Gasteiger partial charge < -0.3 is 9.45 Å². The van der Waals surface area contributed by atoms with Crippen LogP contribution >= 0.6 is 23.1 Å². The molecular weight excluding hydrogens is 556 g/mol. The summed E-state index contributed by atoms with van der Waals surface area (Å²) in [6, 6.07) is 9.85. The molecule has 0 amide bonds. The highest BCUT2D eigenvalue weighted by molar-refractivity contribution is 8.03. The Morgan fingerprint density at radius 1 is 1.05 bits per heavy atom. The van der Waals surface area contributed by atoms with Crippen molar-refractivity contribution in [1.82, 2.24) is 0 Å². The van der Waals surface area contributed by atoms with E-state index in [0.29, 0.717) is 13.1 Å². The fourth-order valence-electron chi connectivity index (χ4n) is 3.66. The van der Waals surface area contributed by atoms with Crippen molar-refractivity contribution in [3.8, 4) is 0 Å². The fourth-order valence-corrected chi connectivity index (χ4v) is 6.19. The first-order valence-corrected chi connectivity index (χ1v) is 14.3. The number of nitro groups is 2. The van der Waals surface area contributed by atoms with Gasteiger partial charge in [0.05, 0.1) is 33.2 Å². The second kappa shape index (κ2) is 12.4. The zero-order chi connectivity index (χ0) is 28.0. The molecule has 0 aliphatic carbocycles.